The molecule has 168 valence electrons. The van der Waals surface area contributed by atoms with Crippen LogP contribution in [0.4, 0.5) is 11.5 Å². The highest BCUT2D eigenvalue weighted by atomic mass is 35.5. The third kappa shape index (κ3) is 5.61. The number of nitrogens with one attached hydrogen (secondary N) is 2. The fraction of sp³-hybridized carbons (Fsp3) is 0.167. The van der Waals surface area contributed by atoms with E-state index in [1.165, 1.54) is 13.3 Å². The van der Waals surface area contributed by atoms with Crippen molar-refractivity contribution in [2.75, 3.05) is 17.7 Å². The predicted octanol–water partition coefficient (Wildman–Crippen LogP) is 5.87. The Bertz CT molecular complexity index is 1220. The molecule has 0 fully saturated rings. The van der Waals surface area contributed by atoms with Crippen LogP contribution in [-0.2, 0) is 9.53 Å². The molecule has 2 N–H and O–H groups in total. The average Bonchev–Trinajstić information content (AvgIpc) is 2.81. The summed E-state index contributed by atoms with van der Waals surface area (Å²) in [5.74, 6) is -0.601. The second kappa shape index (κ2) is 10.8. The molecular formula is C24H20Cl2N4O3. The molecule has 7 nitrogen and oxygen atoms in total. The fourth-order valence-electron chi connectivity index (χ4n) is 3.24. The van der Waals surface area contributed by atoms with Crippen LogP contribution in [0.1, 0.15) is 35.3 Å². The summed E-state index contributed by atoms with van der Waals surface area (Å²) in [6.07, 6.45) is 1.23. The van der Waals surface area contributed by atoms with Crippen LogP contribution in [0.15, 0.2) is 54.7 Å². The van der Waals surface area contributed by atoms with E-state index in [1.54, 1.807) is 30.3 Å². The summed E-state index contributed by atoms with van der Waals surface area (Å²) in [6, 6.07) is 16.0. The smallest absolute Gasteiger partial charge is 0.340 e. The maximum Gasteiger partial charge on any atom is 0.340 e. The molecule has 0 unspecified atom stereocenters. The Morgan fingerprint density at radius 1 is 1.12 bits per heavy atom. The van der Waals surface area contributed by atoms with Crippen LogP contribution in [0.3, 0.4) is 0 Å². The van der Waals surface area contributed by atoms with Gasteiger partial charge in [-0.2, -0.15) is 5.26 Å². The number of hydrogen-bond acceptors (Lipinski definition) is 6. The van der Waals surface area contributed by atoms with Crippen LogP contribution in [-0.4, -0.2) is 24.0 Å². The molecular weight excluding hydrogens is 463 g/mol. The Morgan fingerprint density at radius 3 is 2.52 bits per heavy atom. The zero-order valence-corrected chi connectivity index (χ0v) is 19.4. The van der Waals surface area contributed by atoms with Gasteiger partial charge in [-0.05, 0) is 35.7 Å². The third-order valence-electron chi connectivity index (χ3n) is 4.88. The standard InChI is InChI=1S/C24H20Cl2N4O3/c1-14(29-23-22(19(26)11-13-28-23)30-20(31)10-12-27)15-6-8-16(9-7-15)17-4-3-5-18(25)21(17)24(32)33-2/h3-9,11,13-14H,10H2,1-2H3,(H,28,29)(H,30,31)/t14-/m1/s1. The van der Waals surface area contributed by atoms with Gasteiger partial charge in [-0.1, -0.05) is 59.6 Å². The number of carbonyl (C=O) groups is 2. The summed E-state index contributed by atoms with van der Waals surface area (Å²) < 4.78 is 4.87. The van der Waals surface area contributed by atoms with Crippen LogP contribution >= 0.6 is 23.2 Å². The number of nitriles is 1. The molecule has 1 heterocycles. The second-order valence-electron chi connectivity index (χ2n) is 7.04. The molecule has 0 radical (unpaired) electrons. The van der Waals surface area contributed by atoms with E-state index in [0.29, 0.717) is 32.7 Å². The van der Waals surface area contributed by atoms with Crippen molar-refractivity contribution in [2.45, 2.75) is 19.4 Å². The van der Waals surface area contributed by atoms with E-state index in [1.807, 2.05) is 31.2 Å². The molecule has 0 aliphatic heterocycles. The number of carbonyl (C=O) groups excluding carboxylic acids is 2. The van der Waals surface area contributed by atoms with Crippen molar-refractivity contribution in [2.24, 2.45) is 0 Å². The number of methoxy groups -OCH3 is 1. The Balaban J connectivity index is 1.85. The van der Waals surface area contributed by atoms with Crippen molar-refractivity contribution >= 4 is 46.6 Å². The molecule has 1 atom stereocenters. The highest BCUT2D eigenvalue weighted by Gasteiger charge is 2.18. The number of rotatable bonds is 7. The summed E-state index contributed by atoms with van der Waals surface area (Å²) >= 11 is 12.5. The molecule has 0 aliphatic carbocycles. The minimum Gasteiger partial charge on any atom is -0.465 e. The molecule has 3 rings (SSSR count). The van der Waals surface area contributed by atoms with Crippen molar-refractivity contribution < 1.29 is 14.3 Å². The maximum absolute atomic E-state index is 12.2. The molecule has 33 heavy (non-hydrogen) atoms. The van der Waals surface area contributed by atoms with E-state index in [-0.39, 0.29) is 12.5 Å². The Hall–Kier alpha value is -3.60. The van der Waals surface area contributed by atoms with Gasteiger partial charge in [0.05, 0.1) is 34.8 Å². The van der Waals surface area contributed by atoms with Gasteiger partial charge < -0.3 is 15.4 Å². The van der Waals surface area contributed by atoms with E-state index in [2.05, 4.69) is 15.6 Å². The minimum absolute atomic E-state index is 0.198. The van der Waals surface area contributed by atoms with Crippen molar-refractivity contribution in [1.82, 2.24) is 4.98 Å². The number of halogens is 2. The first-order chi connectivity index (χ1) is 15.8. The highest BCUT2D eigenvalue weighted by molar-refractivity contribution is 6.34. The SMILES string of the molecule is COC(=O)c1c(Cl)cccc1-c1ccc([C@@H](C)Nc2nccc(Cl)c2NC(=O)CC#N)cc1. The summed E-state index contributed by atoms with van der Waals surface area (Å²) in [7, 11) is 1.31. The van der Waals surface area contributed by atoms with Crippen molar-refractivity contribution in [3.05, 3.63) is 75.9 Å². The first kappa shape index (κ1) is 24.1. The lowest BCUT2D eigenvalue weighted by Crippen LogP contribution is -2.15. The van der Waals surface area contributed by atoms with Crippen LogP contribution in [0.25, 0.3) is 11.1 Å². The van der Waals surface area contributed by atoms with Crippen LogP contribution in [0, 0.1) is 11.3 Å². The number of ether oxygens (including phenoxy) is 1. The van der Waals surface area contributed by atoms with Gasteiger partial charge >= 0.3 is 5.97 Å². The van der Waals surface area contributed by atoms with Crippen LogP contribution < -0.4 is 10.6 Å². The van der Waals surface area contributed by atoms with E-state index in [0.717, 1.165) is 11.1 Å². The number of pyridine rings is 1. The first-order valence-electron chi connectivity index (χ1n) is 9.90. The zero-order valence-electron chi connectivity index (χ0n) is 17.9. The first-order valence-corrected chi connectivity index (χ1v) is 10.7. The van der Waals surface area contributed by atoms with Crippen LogP contribution in [0.2, 0.25) is 10.0 Å². The van der Waals surface area contributed by atoms with Gasteiger partial charge in [0, 0.05) is 6.20 Å². The maximum atomic E-state index is 12.2. The van der Waals surface area contributed by atoms with E-state index < -0.39 is 11.9 Å². The summed E-state index contributed by atoms with van der Waals surface area (Å²) in [5, 5.41) is 15.2. The Labute approximate surface area is 201 Å². The monoisotopic (exact) mass is 482 g/mol. The molecule has 0 aliphatic rings. The molecule has 2 aromatic carbocycles. The van der Waals surface area contributed by atoms with Gasteiger partial charge in [0.2, 0.25) is 5.91 Å². The molecule has 9 heteroatoms. The quantitative estimate of drug-likeness (QED) is 0.408. The number of nitrogens with zero attached hydrogens (tertiary/aromatic N) is 2. The van der Waals surface area contributed by atoms with Gasteiger partial charge in [-0.25, -0.2) is 9.78 Å². The topological polar surface area (TPSA) is 104 Å². The zero-order chi connectivity index (χ0) is 24.0. The Morgan fingerprint density at radius 2 is 1.85 bits per heavy atom. The second-order valence-corrected chi connectivity index (χ2v) is 7.86. The highest BCUT2D eigenvalue weighted by Crippen LogP contribution is 2.33. The number of esters is 1. The van der Waals surface area contributed by atoms with Crippen molar-refractivity contribution in [3.63, 3.8) is 0 Å². The van der Waals surface area contributed by atoms with Crippen molar-refractivity contribution in [3.8, 4) is 17.2 Å². The molecule has 0 saturated heterocycles. The molecule has 0 spiro atoms. The van der Waals surface area contributed by atoms with Gasteiger partial charge in [0.15, 0.2) is 5.82 Å². The number of amides is 1. The normalized spacial score (nSPS) is 11.2. The Kier molecular flexibility index (Phi) is 7.88. The molecule has 3 aromatic rings. The van der Waals surface area contributed by atoms with Crippen molar-refractivity contribution in [1.29, 1.82) is 5.26 Å². The number of anilines is 2. The van der Waals surface area contributed by atoms with Gasteiger partial charge in [-0.15, -0.1) is 0 Å². The third-order valence-corrected chi connectivity index (χ3v) is 5.51. The summed E-state index contributed by atoms with van der Waals surface area (Å²) in [4.78, 5) is 28.4. The fourth-order valence-corrected chi connectivity index (χ4v) is 3.68. The van der Waals surface area contributed by atoms with Crippen LogP contribution in [0.5, 0.6) is 0 Å². The lowest BCUT2D eigenvalue weighted by molar-refractivity contribution is -0.115. The number of aromatic nitrogens is 1. The number of benzene rings is 2. The van der Waals surface area contributed by atoms with E-state index >= 15 is 0 Å². The lowest BCUT2D eigenvalue weighted by Gasteiger charge is -2.19. The molecule has 1 aromatic heterocycles. The molecule has 0 saturated carbocycles. The lowest BCUT2D eigenvalue weighted by atomic mass is 9.97. The molecule has 1 amide bonds. The average molecular weight is 483 g/mol. The van der Waals surface area contributed by atoms with Gasteiger partial charge in [0.25, 0.3) is 0 Å². The predicted molar refractivity (Wildman–Crippen MR) is 128 cm³/mol. The van der Waals surface area contributed by atoms with E-state index in [9.17, 15) is 9.59 Å². The molecule has 0 bridgehead atoms. The summed E-state index contributed by atoms with van der Waals surface area (Å²) in [5.41, 5.74) is 3.02. The van der Waals surface area contributed by atoms with E-state index in [4.69, 9.17) is 33.2 Å². The van der Waals surface area contributed by atoms with Gasteiger partial charge in [-0.3, -0.25) is 4.79 Å². The number of hydrogen-bond donors (Lipinski definition) is 2. The minimum atomic E-state index is -0.507. The van der Waals surface area contributed by atoms with Gasteiger partial charge in [0.1, 0.15) is 12.1 Å². The largest absolute Gasteiger partial charge is 0.465 e. The summed E-state index contributed by atoms with van der Waals surface area (Å²) in [6.45, 7) is 1.93.